The number of esters is 1. The number of morpholine rings is 1. The quantitative estimate of drug-likeness (QED) is 0.110. The zero-order valence-corrected chi connectivity index (χ0v) is 48.4. The second kappa shape index (κ2) is 22.4. The summed E-state index contributed by atoms with van der Waals surface area (Å²) >= 11 is 0. The van der Waals surface area contributed by atoms with Crippen LogP contribution in [0.2, 0.25) is 0 Å². The van der Waals surface area contributed by atoms with E-state index < -0.39 is 48.3 Å². The monoisotopic (exact) mass is 1130 g/mol. The molecule has 20 heteroatoms. The van der Waals surface area contributed by atoms with Gasteiger partial charge in [-0.05, 0) is 111 Å². The molecule has 9 heterocycles. The zero-order valence-electron chi connectivity index (χ0n) is 48.4. The van der Waals surface area contributed by atoms with Gasteiger partial charge in [0.25, 0.3) is 5.91 Å². The largest absolute Gasteiger partial charge is 0.464 e. The van der Waals surface area contributed by atoms with Gasteiger partial charge in [0.1, 0.15) is 24.7 Å². The maximum absolute atomic E-state index is 15.3. The summed E-state index contributed by atoms with van der Waals surface area (Å²) in [7, 11) is 1.57. The van der Waals surface area contributed by atoms with Crippen LogP contribution in [-0.4, -0.2) is 181 Å². The number of hydrogen-bond donors (Lipinski definition) is 3. The number of pyridine rings is 1. The Bertz CT molecular complexity index is 3090. The van der Waals surface area contributed by atoms with E-state index in [0.29, 0.717) is 117 Å². The summed E-state index contributed by atoms with van der Waals surface area (Å²) in [6.07, 6.45) is 1.98. The Kier molecular flexibility index (Phi) is 15.5. The number of aromatic nitrogens is 2. The standard InChI is InChI=1S/C62H81F3N10O7/c1-37(2)54(72-19-16-61(33-72)17-20-73(34-61)58(78)53-52(68-53)40-12-13-40)56(76)67-49-26-39-9-7-10-41(25-39)42-14-15-50-45(27-42)47(29-60(4,5)36-82-59(79)48-11-8-18-75(69-48)57(49)77)55(74(50)35-62(63,64)65)46-28-43(30-66-51(46)38(3)80-6)71-22-21-70-23-24-81-32-44(70)31-71/h7,9-10,14-15,25,27-28,30,37-38,40,44,48-49,52-54,68-69H,8,11-13,16-24,26,29,31-36H2,1-6H3,(H,67,76)/t38-,44-,48-,49-,52?,53+,54?,61-/m0/s1. The Morgan fingerprint density at radius 1 is 0.951 bits per heavy atom. The van der Waals surface area contributed by atoms with Crippen molar-refractivity contribution in [2.75, 3.05) is 90.7 Å². The number of hydrogen-bond acceptors (Lipinski definition) is 13. The Labute approximate surface area is 478 Å². The molecule has 8 atom stereocenters. The number of piperazine rings is 1. The van der Waals surface area contributed by atoms with Crippen molar-refractivity contribution in [1.82, 2.24) is 45.3 Å². The highest BCUT2D eigenvalue weighted by Crippen LogP contribution is 2.46. The van der Waals surface area contributed by atoms with Crippen molar-refractivity contribution >= 4 is 40.3 Å². The lowest BCUT2D eigenvalue weighted by molar-refractivity contribution is -0.155. The molecule has 12 rings (SSSR count). The van der Waals surface area contributed by atoms with Gasteiger partial charge in [-0.25, -0.2) is 5.43 Å². The minimum atomic E-state index is -4.61. The third-order valence-electron chi connectivity index (χ3n) is 19.0. The fourth-order valence-electron chi connectivity index (χ4n) is 14.4. The minimum Gasteiger partial charge on any atom is -0.464 e. The molecule has 3 N–H and O–H groups in total. The first kappa shape index (κ1) is 56.8. The van der Waals surface area contributed by atoms with Gasteiger partial charge in [0.15, 0.2) is 0 Å². The molecule has 1 aliphatic carbocycles. The zero-order chi connectivity index (χ0) is 57.4. The maximum Gasteiger partial charge on any atom is 0.406 e. The molecule has 3 amide bonds. The summed E-state index contributed by atoms with van der Waals surface area (Å²) in [4.78, 5) is 71.8. The molecule has 1 spiro atoms. The lowest BCUT2D eigenvalue weighted by Gasteiger charge is -2.44. The van der Waals surface area contributed by atoms with Crippen LogP contribution in [0.4, 0.5) is 18.9 Å². The first-order valence-corrected chi connectivity index (χ1v) is 30.0. The van der Waals surface area contributed by atoms with Gasteiger partial charge >= 0.3 is 12.1 Å². The molecule has 442 valence electrons. The highest BCUT2D eigenvalue weighted by Gasteiger charge is 2.55. The van der Waals surface area contributed by atoms with E-state index in [4.69, 9.17) is 19.2 Å². The topological polar surface area (TPSA) is 176 Å². The van der Waals surface area contributed by atoms with E-state index in [2.05, 4.69) is 30.8 Å². The van der Waals surface area contributed by atoms with Crippen LogP contribution in [0.1, 0.15) is 96.1 Å². The maximum atomic E-state index is 15.3. The predicted molar refractivity (Wildman–Crippen MR) is 304 cm³/mol. The number of amides is 3. The van der Waals surface area contributed by atoms with Crippen LogP contribution in [0, 0.1) is 22.7 Å². The summed E-state index contributed by atoms with van der Waals surface area (Å²) in [6.45, 7) is 15.9. The highest BCUT2D eigenvalue weighted by molar-refractivity contribution is 5.96. The number of nitrogens with one attached hydrogen (secondary N) is 3. The lowest BCUT2D eigenvalue weighted by atomic mass is 9.84. The van der Waals surface area contributed by atoms with E-state index >= 15 is 18.0 Å². The van der Waals surface area contributed by atoms with Crippen LogP contribution in [-0.2, 0) is 52.8 Å². The first-order chi connectivity index (χ1) is 39.2. The van der Waals surface area contributed by atoms with Crippen molar-refractivity contribution in [3.05, 3.63) is 71.5 Å². The summed E-state index contributed by atoms with van der Waals surface area (Å²) in [5.41, 5.74) is 7.79. The second-order valence-electron chi connectivity index (χ2n) is 26.1. The number of rotatable bonds is 11. The summed E-state index contributed by atoms with van der Waals surface area (Å²) < 4.78 is 65.1. The lowest BCUT2D eigenvalue weighted by Crippen LogP contribution is -2.62. The molecule has 4 aromatic rings. The van der Waals surface area contributed by atoms with E-state index in [-0.39, 0.29) is 60.6 Å². The molecule has 6 saturated heterocycles. The number of alkyl halides is 3. The number of benzene rings is 2. The number of halogens is 3. The van der Waals surface area contributed by atoms with E-state index in [0.717, 1.165) is 48.3 Å². The van der Waals surface area contributed by atoms with Gasteiger partial charge in [0.05, 0.1) is 61.3 Å². The molecule has 7 fully saturated rings. The smallest absolute Gasteiger partial charge is 0.406 e. The van der Waals surface area contributed by atoms with Crippen molar-refractivity contribution in [1.29, 1.82) is 0 Å². The number of anilines is 1. The fraction of sp³-hybridized carbons (Fsp3) is 0.629. The molecule has 7 aliphatic heterocycles. The van der Waals surface area contributed by atoms with Crippen molar-refractivity contribution in [3.8, 4) is 22.4 Å². The molecular weight excluding hydrogens is 1050 g/mol. The predicted octanol–water partition coefficient (Wildman–Crippen LogP) is 6.51. The Hall–Kier alpha value is -5.64. The third-order valence-corrected chi connectivity index (χ3v) is 19.0. The summed E-state index contributed by atoms with van der Waals surface area (Å²) in [5, 5.41) is 8.73. The van der Waals surface area contributed by atoms with Gasteiger partial charge in [0, 0.05) is 99.2 Å². The number of fused-ring (bicyclic) bond motifs is 7. The number of nitrogens with zero attached hydrogens (tertiary/aromatic N) is 7. The van der Waals surface area contributed by atoms with Gasteiger partial charge in [-0.3, -0.25) is 44.3 Å². The number of likely N-dealkylation sites (tertiary alicyclic amines) is 2. The summed E-state index contributed by atoms with van der Waals surface area (Å²) in [5.74, 6) is -0.471. The molecule has 1 saturated carbocycles. The van der Waals surface area contributed by atoms with Crippen LogP contribution in [0.15, 0.2) is 54.7 Å². The molecule has 2 aromatic carbocycles. The van der Waals surface area contributed by atoms with Crippen LogP contribution in [0.3, 0.4) is 0 Å². The van der Waals surface area contributed by atoms with E-state index in [9.17, 15) is 14.4 Å². The molecule has 2 aromatic heterocycles. The SMILES string of the molecule is CO[C@@H](C)c1ncc(N2CCN3CCOC[C@@H]3C2)cc1-c1c2c3cc(ccc3n1CC(F)(F)F)-c1cccc(c1)C[C@H](NC(=O)C(C(C)C)N1CC[C@]3(CCN(C(=O)[C@@H]4NC4C4CC4)C3)C1)C(=O)N1CCC[C@H](N1)C(=O)OCC(C)(C)C2. The molecule has 6 bridgehead atoms. The molecule has 2 unspecified atom stereocenters. The summed E-state index contributed by atoms with van der Waals surface area (Å²) in [6, 6.07) is 13.3. The molecular formula is C62H81F3N10O7. The van der Waals surface area contributed by atoms with Crippen LogP contribution in [0.5, 0.6) is 0 Å². The Balaban J connectivity index is 0.897. The minimum absolute atomic E-state index is 0.0710. The molecule has 0 radical (unpaired) electrons. The van der Waals surface area contributed by atoms with E-state index in [1.54, 1.807) is 19.4 Å². The Morgan fingerprint density at radius 2 is 1.76 bits per heavy atom. The second-order valence-corrected chi connectivity index (χ2v) is 26.1. The molecule has 82 heavy (non-hydrogen) atoms. The van der Waals surface area contributed by atoms with Crippen molar-refractivity contribution in [2.24, 2.45) is 22.7 Å². The number of ether oxygens (including phenoxy) is 3. The average molecular weight is 1140 g/mol. The van der Waals surface area contributed by atoms with Gasteiger partial charge in [-0.2, -0.15) is 13.2 Å². The number of cyclic esters (lactones) is 1. The number of methoxy groups -OCH3 is 1. The van der Waals surface area contributed by atoms with E-state index in [1.165, 1.54) is 22.4 Å². The average Bonchev–Trinajstić information content (AvgIpc) is 4.56. The van der Waals surface area contributed by atoms with Crippen molar-refractivity contribution in [3.63, 3.8) is 0 Å². The van der Waals surface area contributed by atoms with Gasteiger partial charge in [-0.1, -0.05) is 58.0 Å². The fourth-order valence-corrected chi connectivity index (χ4v) is 14.4. The molecule has 8 aliphatic rings. The van der Waals surface area contributed by atoms with Crippen LogP contribution >= 0.6 is 0 Å². The van der Waals surface area contributed by atoms with Gasteiger partial charge < -0.3 is 33.9 Å². The van der Waals surface area contributed by atoms with E-state index in [1.807, 2.05) is 82.0 Å². The molecule has 17 nitrogen and oxygen atoms in total. The number of carbonyl (C=O) groups excluding carboxylic acids is 4. The van der Waals surface area contributed by atoms with Crippen molar-refractivity contribution < 1.29 is 46.6 Å². The normalized spacial score (nSPS) is 28.1. The van der Waals surface area contributed by atoms with Crippen LogP contribution < -0.4 is 21.0 Å². The van der Waals surface area contributed by atoms with Crippen LogP contribution in [0.25, 0.3) is 33.3 Å². The Morgan fingerprint density at radius 3 is 2.54 bits per heavy atom. The highest BCUT2D eigenvalue weighted by atomic mass is 19.4. The van der Waals surface area contributed by atoms with Crippen molar-refractivity contribution in [2.45, 2.75) is 141 Å². The number of hydrazine groups is 1. The number of carbonyl (C=O) groups is 4. The first-order valence-electron chi connectivity index (χ1n) is 30.0. The third kappa shape index (κ3) is 11.6. The van der Waals surface area contributed by atoms with Gasteiger partial charge in [-0.15, -0.1) is 0 Å². The van der Waals surface area contributed by atoms with Gasteiger partial charge in [0.2, 0.25) is 11.8 Å².